The Labute approximate surface area is 90.6 Å². The van der Waals surface area contributed by atoms with Gasteiger partial charge < -0.3 is 4.74 Å². The van der Waals surface area contributed by atoms with Crippen LogP contribution in [0.25, 0.3) is 0 Å². The molecule has 0 bridgehead atoms. The van der Waals surface area contributed by atoms with Gasteiger partial charge in [0.05, 0.1) is 15.3 Å². The van der Waals surface area contributed by atoms with E-state index in [1.165, 1.54) is 6.20 Å². The topological polar surface area (TPSA) is 45.9 Å². The Morgan fingerprint density at radius 1 is 1.43 bits per heavy atom. The maximum atomic E-state index is 11.8. The third kappa shape index (κ3) is 2.73. The largest absolute Gasteiger partial charge is 0.573 e. The van der Waals surface area contributed by atoms with Crippen LogP contribution in [0.1, 0.15) is 5.56 Å². The van der Waals surface area contributed by atoms with Gasteiger partial charge in [-0.05, 0) is 22.6 Å². The molecule has 1 rings (SSSR count). The van der Waals surface area contributed by atoms with Gasteiger partial charge in [0, 0.05) is 6.20 Å². The molecule has 74 valence electrons. The molecule has 1 aromatic heterocycles. The fourth-order valence-corrected chi connectivity index (χ4v) is 1.21. The van der Waals surface area contributed by atoms with Gasteiger partial charge in [0.15, 0.2) is 5.75 Å². The van der Waals surface area contributed by atoms with E-state index in [0.717, 1.165) is 6.20 Å². The summed E-state index contributed by atoms with van der Waals surface area (Å²) in [6.07, 6.45) is -2.68. The van der Waals surface area contributed by atoms with Crippen molar-refractivity contribution in [2.24, 2.45) is 0 Å². The van der Waals surface area contributed by atoms with Crippen LogP contribution in [0.3, 0.4) is 0 Å². The summed E-state index contributed by atoms with van der Waals surface area (Å²) in [6.45, 7) is 0. The minimum atomic E-state index is -4.77. The number of nitrogens with zero attached hydrogens (tertiary/aromatic N) is 2. The van der Waals surface area contributed by atoms with Gasteiger partial charge in [0.2, 0.25) is 0 Å². The van der Waals surface area contributed by atoms with Crippen molar-refractivity contribution in [1.29, 1.82) is 5.26 Å². The fraction of sp³-hybridized carbons (Fsp3) is 0.143. The molecule has 0 unspecified atom stereocenters. The van der Waals surface area contributed by atoms with Crippen molar-refractivity contribution in [2.45, 2.75) is 6.36 Å². The predicted molar refractivity (Wildman–Crippen MR) is 48.4 cm³/mol. The lowest BCUT2D eigenvalue weighted by Crippen LogP contribution is -2.18. The quantitative estimate of drug-likeness (QED) is 0.748. The molecule has 0 saturated heterocycles. The molecule has 0 aliphatic heterocycles. The number of aromatic nitrogens is 1. The van der Waals surface area contributed by atoms with Crippen molar-refractivity contribution in [3.63, 3.8) is 0 Å². The van der Waals surface area contributed by atoms with Gasteiger partial charge in [-0.1, -0.05) is 0 Å². The number of hydrogen-bond donors (Lipinski definition) is 0. The maximum absolute atomic E-state index is 11.8. The Morgan fingerprint density at radius 3 is 2.57 bits per heavy atom. The van der Waals surface area contributed by atoms with Crippen LogP contribution in [0.4, 0.5) is 13.2 Å². The molecule has 0 aliphatic rings. The molecule has 14 heavy (non-hydrogen) atoms. The lowest BCUT2D eigenvalue weighted by molar-refractivity contribution is -0.275. The summed E-state index contributed by atoms with van der Waals surface area (Å²) in [6, 6.07) is 1.70. The standard InChI is InChI=1S/C7H2F3IN2O/c8-7(9,10)14-5-3-13-2-4(1-12)6(5)11/h2-3H. The van der Waals surface area contributed by atoms with Crippen LogP contribution in [0.15, 0.2) is 12.4 Å². The van der Waals surface area contributed by atoms with E-state index >= 15 is 0 Å². The lowest BCUT2D eigenvalue weighted by Gasteiger charge is -2.09. The lowest BCUT2D eigenvalue weighted by atomic mass is 10.3. The first kappa shape index (κ1) is 11.0. The molecule has 0 spiro atoms. The molecule has 1 heterocycles. The van der Waals surface area contributed by atoms with Crippen LogP contribution in [0, 0.1) is 14.9 Å². The Bertz CT molecular complexity index is 386. The Hall–Kier alpha value is -1.04. The molecule has 0 atom stereocenters. The highest BCUT2D eigenvalue weighted by Gasteiger charge is 2.32. The first-order chi connectivity index (χ1) is 6.44. The van der Waals surface area contributed by atoms with Gasteiger partial charge in [-0.3, -0.25) is 4.98 Å². The van der Waals surface area contributed by atoms with E-state index in [1.807, 2.05) is 0 Å². The number of rotatable bonds is 1. The van der Waals surface area contributed by atoms with Crippen LogP contribution in [-0.2, 0) is 0 Å². The highest BCUT2D eigenvalue weighted by atomic mass is 127. The molecule has 0 N–H and O–H groups in total. The molecule has 1 aromatic rings. The summed E-state index contributed by atoms with van der Waals surface area (Å²) < 4.78 is 39.2. The van der Waals surface area contributed by atoms with E-state index in [9.17, 15) is 13.2 Å². The van der Waals surface area contributed by atoms with E-state index < -0.39 is 12.1 Å². The molecular weight excluding hydrogens is 312 g/mol. The fourth-order valence-electron chi connectivity index (χ4n) is 0.699. The third-order valence-electron chi connectivity index (χ3n) is 1.19. The number of nitriles is 1. The highest BCUT2D eigenvalue weighted by molar-refractivity contribution is 14.1. The minimum Gasteiger partial charge on any atom is -0.403 e. The number of alkyl halides is 3. The maximum Gasteiger partial charge on any atom is 0.573 e. The van der Waals surface area contributed by atoms with Gasteiger partial charge in [-0.25, -0.2) is 0 Å². The molecule has 0 aromatic carbocycles. The third-order valence-corrected chi connectivity index (χ3v) is 2.31. The van der Waals surface area contributed by atoms with E-state index in [4.69, 9.17) is 5.26 Å². The van der Waals surface area contributed by atoms with Gasteiger partial charge >= 0.3 is 6.36 Å². The summed E-state index contributed by atoms with van der Waals surface area (Å²) in [7, 11) is 0. The summed E-state index contributed by atoms with van der Waals surface area (Å²) in [5.74, 6) is -0.461. The molecule has 0 saturated carbocycles. The molecule has 3 nitrogen and oxygen atoms in total. The molecule has 0 aliphatic carbocycles. The van der Waals surface area contributed by atoms with Crippen molar-refractivity contribution in [2.75, 3.05) is 0 Å². The Morgan fingerprint density at radius 2 is 2.07 bits per heavy atom. The molecule has 0 fully saturated rings. The second-order valence-corrected chi connectivity index (χ2v) is 3.24. The van der Waals surface area contributed by atoms with E-state index in [-0.39, 0.29) is 9.13 Å². The van der Waals surface area contributed by atoms with Crippen molar-refractivity contribution in [1.82, 2.24) is 4.98 Å². The second-order valence-electron chi connectivity index (χ2n) is 2.16. The van der Waals surface area contributed by atoms with E-state index in [2.05, 4.69) is 9.72 Å². The molecule has 0 amide bonds. The van der Waals surface area contributed by atoms with Crippen molar-refractivity contribution < 1.29 is 17.9 Å². The summed E-state index contributed by atoms with van der Waals surface area (Å²) in [5.41, 5.74) is 0.0485. The van der Waals surface area contributed by atoms with Crippen LogP contribution in [0.2, 0.25) is 0 Å². The van der Waals surface area contributed by atoms with Gasteiger partial charge in [-0.15, -0.1) is 13.2 Å². The van der Waals surface area contributed by atoms with Crippen molar-refractivity contribution >= 4 is 22.6 Å². The molecule has 0 radical (unpaired) electrons. The molecular formula is C7H2F3IN2O. The van der Waals surface area contributed by atoms with E-state index in [1.54, 1.807) is 28.7 Å². The number of halogens is 4. The monoisotopic (exact) mass is 314 g/mol. The number of hydrogen-bond acceptors (Lipinski definition) is 3. The molecule has 7 heteroatoms. The van der Waals surface area contributed by atoms with Gasteiger partial charge in [-0.2, -0.15) is 5.26 Å². The van der Waals surface area contributed by atoms with Crippen molar-refractivity contribution in [3.05, 3.63) is 21.5 Å². The summed E-state index contributed by atoms with van der Waals surface area (Å²) in [5, 5.41) is 8.51. The zero-order chi connectivity index (χ0) is 10.8. The summed E-state index contributed by atoms with van der Waals surface area (Å²) >= 11 is 1.59. The zero-order valence-corrected chi connectivity index (χ0v) is 8.63. The van der Waals surface area contributed by atoms with Crippen molar-refractivity contribution in [3.8, 4) is 11.8 Å². The average molecular weight is 314 g/mol. The number of ether oxygens (including phenoxy) is 1. The Balaban J connectivity index is 3.06. The zero-order valence-electron chi connectivity index (χ0n) is 6.47. The van der Waals surface area contributed by atoms with Gasteiger partial charge in [0.1, 0.15) is 6.07 Å². The first-order valence-corrected chi connectivity index (χ1v) is 4.31. The summed E-state index contributed by atoms with van der Waals surface area (Å²) in [4.78, 5) is 3.45. The first-order valence-electron chi connectivity index (χ1n) is 3.23. The van der Waals surface area contributed by atoms with Crippen LogP contribution < -0.4 is 4.74 Å². The normalized spacial score (nSPS) is 10.8. The van der Waals surface area contributed by atoms with Crippen LogP contribution in [-0.4, -0.2) is 11.3 Å². The van der Waals surface area contributed by atoms with Crippen LogP contribution in [0.5, 0.6) is 5.75 Å². The minimum absolute atomic E-state index is 0.0485. The van der Waals surface area contributed by atoms with Crippen LogP contribution >= 0.6 is 22.6 Å². The second kappa shape index (κ2) is 4.00. The highest BCUT2D eigenvalue weighted by Crippen LogP contribution is 2.28. The Kier molecular flexibility index (Phi) is 3.15. The SMILES string of the molecule is N#Cc1cncc(OC(F)(F)F)c1I. The average Bonchev–Trinajstić information content (AvgIpc) is 2.06. The van der Waals surface area contributed by atoms with E-state index in [0.29, 0.717) is 0 Å². The predicted octanol–water partition coefficient (Wildman–Crippen LogP) is 2.46. The van der Waals surface area contributed by atoms with Gasteiger partial charge in [0.25, 0.3) is 0 Å². The smallest absolute Gasteiger partial charge is 0.403 e. The number of pyridine rings is 1.